The lowest BCUT2D eigenvalue weighted by Crippen LogP contribution is -2.21. The van der Waals surface area contributed by atoms with Crippen LogP contribution in [-0.2, 0) is 6.18 Å². The number of nitrogens with zero attached hydrogens (tertiary/aromatic N) is 3. The first-order chi connectivity index (χ1) is 13.8. The van der Waals surface area contributed by atoms with Crippen molar-refractivity contribution in [3.63, 3.8) is 0 Å². The van der Waals surface area contributed by atoms with Gasteiger partial charge in [0.2, 0.25) is 5.95 Å². The van der Waals surface area contributed by atoms with E-state index in [0.29, 0.717) is 22.9 Å². The molecule has 3 aromatic rings. The van der Waals surface area contributed by atoms with Gasteiger partial charge in [-0.05, 0) is 53.2 Å². The highest BCUT2D eigenvalue weighted by molar-refractivity contribution is 9.10. The van der Waals surface area contributed by atoms with Crippen molar-refractivity contribution < 1.29 is 18.3 Å². The highest BCUT2D eigenvalue weighted by Gasteiger charge is 2.30. The second-order valence-corrected chi connectivity index (χ2v) is 7.08. The van der Waals surface area contributed by atoms with Crippen LogP contribution in [0.25, 0.3) is 11.4 Å². The number of alkyl halides is 3. The van der Waals surface area contributed by atoms with E-state index in [0.717, 1.165) is 12.1 Å². The molecular formula is C19H17BrF3N5O. The lowest BCUT2D eigenvalue weighted by atomic mass is 10.2. The fraction of sp³-hybridized carbons (Fsp3) is 0.211. The molecule has 0 spiro atoms. The maximum absolute atomic E-state index is 12.9. The van der Waals surface area contributed by atoms with Gasteiger partial charge in [0.1, 0.15) is 5.82 Å². The van der Waals surface area contributed by atoms with E-state index in [4.69, 9.17) is 0 Å². The van der Waals surface area contributed by atoms with Crippen molar-refractivity contribution in [3.8, 4) is 11.4 Å². The molecule has 10 heteroatoms. The van der Waals surface area contributed by atoms with E-state index in [1.165, 1.54) is 6.07 Å². The molecule has 0 fully saturated rings. The van der Waals surface area contributed by atoms with E-state index >= 15 is 0 Å². The van der Waals surface area contributed by atoms with Crippen LogP contribution in [0.15, 0.2) is 53.1 Å². The number of pyridine rings is 1. The summed E-state index contributed by atoms with van der Waals surface area (Å²) in [6.45, 7) is 1.64. The van der Waals surface area contributed by atoms with Crippen molar-refractivity contribution in [2.24, 2.45) is 0 Å². The Kier molecular flexibility index (Phi) is 6.33. The molecule has 0 unspecified atom stereocenters. The molecule has 2 heterocycles. The Bertz CT molecular complexity index is 985. The van der Waals surface area contributed by atoms with Crippen LogP contribution in [0.4, 0.5) is 30.6 Å². The number of nitrogens with one attached hydrogen (secondary N) is 2. The summed E-state index contributed by atoms with van der Waals surface area (Å²) in [5, 5.41) is 15.2. The number of aliphatic hydroxyl groups is 1. The molecule has 0 saturated carbocycles. The van der Waals surface area contributed by atoms with Crippen molar-refractivity contribution in [3.05, 3.63) is 58.7 Å². The van der Waals surface area contributed by atoms with E-state index in [9.17, 15) is 18.3 Å². The van der Waals surface area contributed by atoms with Crippen LogP contribution >= 0.6 is 15.9 Å². The molecule has 0 radical (unpaired) electrons. The van der Waals surface area contributed by atoms with Gasteiger partial charge in [-0.1, -0.05) is 6.07 Å². The fourth-order valence-electron chi connectivity index (χ4n) is 2.42. The maximum atomic E-state index is 12.9. The van der Waals surface area contributed by atoms with Gasteiger partial charge in [0.05, 0.1) is 29.2 Å². The standard InChI is InChI=1S/C19H17BrF3N5O/c1-11(10-29)25-18-27-16(15-4-2-3-7-24-15)9-17(28-18)26-14-6-5-12(8-13(14)20)19(21,22)23/h2-9,11,29H,10H2,1H3,(H2,25,26,27,28)/t11-/m1/s1. The van der Waals surface area contributed by atoms with Crippen LogP contribution in [-0.4, -0.2) is 32.7 Å². The molecular weight excluding hydrogens is 451 g/mol. The molecule has 3 rings (SSSR count). The number of hydrogen-bond donors (Lipinski definition) is 3. The minimum atomic E-state index is -4.43. The highest BCUT2D eigenvalue weighted by Crippen LogP contribution is 2.35. The van der Waals surface area contributed by atoms with Crippen LogP contribution in [0, 0.1) is 0 Å². The first kappa shape index (κ1) is 21.0. The largest absolute Gasteiger partial charge is 0.416 e. The molecule has 1 atom stereocenters. The van der Waals surface area contributed by atoms with E-state index in [1.807, 2.05) is 6.07 Å². The average Bonchev–Trinajstić information content (AvgIpc) is 2.69. The van der Waals surface area contributed by atoms with Crippen LogP contribution in [0.1, 0.15) is 12.5 Å². The molecule has 0 aliphatic rings. The summed E-state index contributed by atoms with van der Waals surface area (Å²) in [6, 6.07) is 10.0. The number of anilines is 3. The monoisotopic (exact) mass is 467 g/mol. The molecule has 152 valence electrons. The Morgan fingerprint density at radius 1 is 1.10 bits per heavy atom. The third-order valence-electron chi connectivity index (χ3n) is 3.86. The van der Waals surface area contributed by atoms with E-state index in [1.54, 1.807) is 31.3 Å². The summed E-state index contributed by atoms with van der Waals surface area (Å²) >= 11 is 3.16. The van der Waals surface area contributed by atoms with Crippen LogP contribution < -0.4 is 10.6 Å². The van der Waals surface area contributed by atoms with Gasteiger partial charge in [0.25, 0.3) is 0 Å². The molecule has 3 N–H and O–H groups in total. The normalized spacial score (nSPS) is 12.5. The van der Waals surface area contributed by atoms with Crippen LogP contribution in [0.3, 0.4) is 0 Å². The molecule has 2 aromatic heterocycles. The summed E-state index contributed by atoms with van der Waals surface area (Å²) in [4.78, 5) is 13.0. The summed E-state index contributed by atoms with van der Waals surface area (Å²) in [7, 11) is 0. The molecule has 0 aliphatic heterocycles. The Hall–Kier alpha value is -2.72. The number of rotatable bonds is 6. The minimum Gasteiger partial charge on any atom is -0.394 e. The summed E-state index contributed by atoms with van der Waals surface area (Å²) in [5.41, 5.74) is 0.763. The number of aliphatic hydroxyl groups excluding tert-OH is 1. The van der Waals surface area contributed by atoms with Crippen molar-refractivity contribution >= 4 is 33.4 Å². The molecule has 0 saturated heterocycles. The smallest absolute Gasteiger partial charge is 0.394 e. The second kappa shape index (κ2) is 8.75. The summed E-state index contributed by atoms with van der Waals surface area (Å²) in [5.74, 6) is 0.606. The molecule has 0 aliphatic carbocycles. The summed E-state index contributed by atoms with van der Waals surface area (Å²) < 4.78 is 38.9. The van der Waals surface area contributed by atoms with E-state index in [-0.39, 0.29) is 23.1 Å². The zero-order valence-corrected chi connectivity index (χ0v) is 16.8. The maximum Gasteiger partial charge on any atom is 0.416 e. The van der Waals surface area contributed by atoms with Gasteiger partial charge < -0.3 is 15.7 Å². The summed E-state index contributed by atoms with van der Waals surface area (Å²) in [6.07, 6.45) is -2.81. The zero-order chi connectivity index (χ0) is 21.0. The fourth-order valence-corrected chi connectivity index (χ4v) is 2.90. The van der Waals surface area contributed by atoms with E-state index in [2.05, 4.69) is 41.5 Å². The van der Waals surface area contributed by atoms with Gasteiger partial charge in [0.15, 0.2) is 0 Å². The quantitative estimate of drug-likeness (QED) is 0.480. The third-order valence-corrected chi connectivity index (χ3v) is 4.52. The Morgan fingerprint density at radius 3 is 2.52 bits per heavy atom. The zero-order valence-electron chi connectivity index (χ0n) is 15.2. The van der Waals surface area contributed by atoms with Gasteiger partial charge >= 0.3 is 6.18 Å². The first-order valence-corrected chi connectivity index (χ1v) is 9.37. The third kappa shape index (κ3) is 5.42. The molecule has 0 bridgehead atoms. The average molecular weight is 468 g/mol. The topological polar surface area (TPSA) is 83.0 Å². The van der Waals surface area contributed by atoms with Crippen molar-refractivity contribution in [1.82, 2.24) is 15.0 Å². The van der Waals surface area contributed by atoms with Crippen LogP contribution in [0.2, 0.25) is 0 Å². The van der Waals surface area contributed by atoms with Crippen LogP contribution in [0.5, 0.6) is 0 Å². The molecule has 6 nitrogen and oxygen atoms in total. The molecule has 1 aromatic carbocycles. The minimum absolute atomic E-state index is 0.121. The second-order valence-electron chi connectivity index (χ2n) is 6.22. The Balaban J connectivity index is 1.97. The molecule has 0 amide bonds. The lowest BCUT2D eigenvalue weighted by Gasteiger charge is -2.15. The predicted octanol–water partition coefficient (Wildman–Crippen LogP) is 4.86. The van der Waals surface area contributed by atoms with Crippen molar-refractivity contribution in [2.75, 3.05) is 17.2 Å². The SMILES string of the molecule is C[C@H](CO)Nc1nc(Nc2ccc(C(F)(F)F)cc2Br)cc(-c2ccccn2)n1. The van der Waals surface area contributed by atoms with Gasteiger partial charge in [-0.3, -0.25) is 4.98 Å². The van der Waals surface area contributed by atoms with Crippen molar-refractivity contribution in [1.29, 1.82) is 0 Å². The lowest BCUT2D eigenvalue weighted by molar-refractivity contribution is -0.137. The number of benzene rings is 1. The number of hydrogen-bond acceptors (Lipinski definition) is 6. The first-order valence-electron chi connectivity index (χ1n) is 8.58. The van der Waals surface area contributed by atoms with Gasteiger partial charge in [-0.15, -0.1) is 0 Å². The van der Waals surface area contributed by atoms with E-state index < -0.39 is 11.7 Å². The number of halogens is 4. The Morgan fingerprint density at radius 2 is 1.90 bits per heavy atom. The van der Waals surface area contributed by atoms with Gasteiger partial charge in [0, 0.05) is 22.8 Å². The molecule has 29 heavy (non-hydrogen) atoms. The number of aromatic nitrogens is 3. The van der Waals surface area contributed by atoms with Gasteiger partial charge in [-0.25, -0.2) is 4.98 Å². The van der Waals surface area contributed by atoms with Gasteiger partial charge in [-0.2, -0.15) is 18.2 Å². The Labute approximate surface area is 173 Å². The predicted molar refractivity (Wildman–Crippen MR) is 108 cm³/mol. The highest BCUT2D eigenvalue weighted by atomic mass is 79.9. The van der Waals surface area contributed by atoms with Crippen molar-refractivity contribution in [2.45, 2.75) is 19.1 Å².